The summed E-state index contributed by atoms with van der Waals surface area (Å²) in [5, 5.41) is 4.11. The van der Waals surface area contributed by atoms with Crippen molar-refractivity contribution in [3.8, 4) is 0 Å². The van der Waals surface area contributed by atoms with E-state index >= 15 is 0 Å². The second kappa shape index (κ2) is 5.35. The fourth-order valence-corrected chi connectivity index (χ4v) is 2.15. The van der Waals surface area contributed by atoms with Crippen LogP contribution in [0.1, 0.15) is 16.1 Å². The van der Waals surface area contributed by atoms with E-state index < -0.39 is 0 Å². The van der Waals surface area contributed by atoms with Gasteiger partial charge in [-0.3, -0.25) is 9.48 Å². The third-order valence-corrected chi connectivity index (χ3v) is 3.08. The first kappa shape index (κ1) is 12.8. The molecular formula is C13H14BrN3O. The highest BCUT2D eigenvalue weighted by Crippen LogP contribution is 2.13. The van der Waals surface area contributed by atoms with Crippen molar-refractivity contribution in [1.29, 1.82) is 0 Å². The number of rotatable bonds is 3. The molecule has 1 heterocycles. The highest BCUT2D eigenvalue weighted by atomic mass is 79.9. The molecule has 1 aromatic heterocycles. The van der Waals surface area contributed by atoms with E-state index in [1.807, 2.05) is 24.3 Å². The molecule has 94 valence electrons. The molecule has 5 heteroatoms. The molecule has 4 nitrogen and oxygen atoms in total. The molecule has 0 radical (unpaired) electrons. The summed E-state index contributed by atoms with van der Waals surface area (Å²) in [7, 11) is 3.57. The van der Waals surface area contributed by atoms with Crippen molar-refractivity contribution in [3.05, 3.63) is 52.3 Å². The molecule has 18 heavy (non-hydrogen) atoms. The van der Waals surface area contributed by atoms with Gasteiger partial charge < -0.3 is 4.90 Å². The SMILES string of the molecule is CN(Cc1cccc(Br)c1)C(=O)c1ccn(C)n1. The lowest BCUT2D eigenvalue weighted by Gasteiger charge is -2.16. The number of carbonyl (C=O) groups is 1. The molecule has 0 saturated heterocycles. The highest BCUT2D eigenvalue weighted by molar-refractivity contribution is 9.10. The molecule has 2 aromatic rings. The summed E-state index contributed by atoms with van der Waals surface area (Å²) in [6.07, 6.45) is 1.76. The molecular weight excluding hydrogens is 294 g/mol. The van der Waals surface area contributed by atoms with Crippen molar-refractivity contribution < 1.29 is 4.79 Å². The number of aryl methyl sites for hydroxylation is 1. The lowest BCUT2D eigenvalue weighted by Crippen LogP contribution is -2.26. The minimum absolute atomic E-state index is 0.0735. The minimum atomic E-state index is -0.0735. The van der Waals surface area contributed by atoms with Crippen LogP contribution in [-0.2, 0) is 13.6 Å². The number of hydrogen-bond acceptors (Lipinski definition) is 2. The maximum atomic E-state index is 12.1. The average Bonchev–Trinajstić information content (AvgIpc) is 2.75. The van der Waals surface area contributed by atoms with Crippen LogP contribution in [-0.4, -0.2) is 27.6 Å². The van der Waals surface area contributed by atoms with E-state index in [9.17, 15) is 4.79 Å². The third-order valence-electron chi connectivity index (χ3n) is 2.59. The summed E-state index contributed by atoms with van der Waals surface area (Å²) in [6.45, 7) is 0.564. The van der Waals surface area contributed by atoms with E-state index in [-0.39, 0.29) is 5.91 Å². The van der Waals surface area contributed by atoms with Crippen LogP contribution in [0.4, 0.5) is 0 Å². The van der Waals surface area contributed by atoms with Gasteiger partial charge in [0.2, 0.25) is 0 Å². The van der Waals surface area contributed by atoms with Crippen molar-refractivity contribution in [3.63, 3.8) is 0 Å². The molecule has 0 spiro atoms. The van der Waals surface area contributed by atoms with Crippen molar-refractivity contribution in [2.24, 2.45) is 7.05 Å². The summed E-state index contributed by atoms with van der Waals surface area (Å²) < 4.78 is 2.64. The van der Waals surface area contributed by atoms with Gasteiger partial charge in [-0.05, 0) is 23.8 Å². The van der Waals surface area contributed by atoms with Crippen LogP contribution in [0.15, 0.2) is 41.0 Å². The Hall–Kier alpha value is -1.62. The van der Waals surface area contributed by atoms with Crippen LogP contribution >= 0.6 is 15.9 Å². The predicted octanol–water partition coefficient (Wildman–Crippen LogP) is 2.45. The molecule has 0 bridgehead atoms. The molecule has 0 aliphatic carbocycles. The van der Waals surface area contributed by atoms with Gasteiger partial charge in [0.05, 0.1) is 0 Å². The average molecular weight is 308 g/mol. The van der Waals surface area contributed by atoms with E-state index in [0.29, 0.717) is 12.2 Å². The number of aromatic nitrogens is 2. The van der Waals surface area contributed by atoms with Gasteiger partial charge in [0.25, 0.3) is 5.91 Å². The fraction of sp³-hybridized carbons (Fsp3) is 0.231. The first-order valence-electron chi connectivity index (χ1n) is 5.56. The largest absolute Gasteiger partial charge is 0.336 e. The van der Waals surface area contributed by atoms with Crippen molar-refractivity contribution >= 4 is 21.8 Å². The van der Waals surface area contributed by atoms with Gasteiger partial charge in [-0.15, -0.1) is 0 Å². The van der Waals surface area contributed by atoms with E-state index in [0.717, 1.165) is 10.0 Å². The molecule has 0 N–H and O–H groups in total. The summed E-state index contributed by atoms with van der Waals surface area (Å²) in [5.41, 5.74) is 1.55. The lowest BCUT2D eigenvalue weighted by atomic mass is 10.2. The zero-order valence-electron chi connectivity index (χ0n) is 10.3. The minimum Gasteiger partial charge on any atom is -0.336 e. The van der Waals surface area contributed by atoms with Crippen LogP contribution in [0.5, 0.6) is 0 Å². The first-order valence-corrected chi connectivity index (χ1v) is 6.35. The van der Waals surface area contributed by atoms with E-state index in [2.05, 4.69) is 21.0 Å². The Bertz CT molecular complexity index is 565. The molecule has 0 saturated carbocycles. The van der Waals surface area contributed by atoms with Crippen molar-refractivity contribution in [1.82, 2.24) is 14.7 Å². The number of hydrogen-bond donors (Lipinski definition) is 0. The topological polar surface area (TPSA) is 38.1 Å². The summed E-state index contributed by atoms with van der Waals surface area (Å²) >= 11 is 3.42. The Morgan fingerprint density at radius 2 is 2.22 bits per heavy atom. The normalized spacial score (nSPS) is 10.4. The lowest BCUT2D eigenvalue weighted by molar-refractivity contribution is 0.0778. The molecule has 2 rings (SSSR count). The van der Waals surface area contributed by atoms with Gasteiger partial charge in [-0.1, -0.05) is 28.1 Å². The highest BCUT2D eigenvalue weighted by Gasteiger charge is 2.14. The third kappa shape index (κ3) is 2.98. The molecule has 0 unspecified atom stereocenters. The fourth-order valence-electron chi connectivity index (χ4n) is 1.71. The quantitative estimate of drug-likeness (QED) is 0.873. The summed E-state index contributed by atoms with van der Waals surface area (Å²) in [6, 6.07) is 9.64. The van der Waals surface area contributed by atoms with Crippen LogP contribution in [0.2, 0.25) is 0 Å². The van der Waals surface area contributed by atoms with Gasteiger partial charge in [0.1, 0.15) is 5.69 Å². The van der Waals surface area contributed by atoms with E-state index in [1.165, 1.54) is 0 Å². The summed E-state index contributed by atoms with van der Waals surface area (Å²) in [4.78, 5) is 13.7. The van der Waals surface area contributed by atoms with Gasteiger partial charge in [-0.25, -0.2) is 0 Å². The van der Waals surface area contributed by atoms with Crippen molar-refractivity contribution in [2.45, 2.75) is 6.54 Å². The van der Waals surface area contributed by atoms with E-state index in [1.54, 1.807) is 35.9 Å². The Morgan fingerprint density at radius 1 is 1.44 bits per heavy atom. The maximum Gasteiger partial charge on any atom is 0.274 e. The van der Waals surface area contributed by atoms with Crippen LogP contribution in [0.3, 0.4) is 0 Å². The zero-order valence-corrected chi connectivity index (χ0v) is 11.9. The number of amides is 1. The molecule has 0 aliphatic heterocycles. The van der Waals surface area contributed by atoms with Gasteiger partial charge >= 0.3 is 0 Å². The Balaban J connectivity index is 2.08. The molecule has 0 atom stereocenters. The maximum absolute atomic E-state index is 12.1. The second-order valence-corrected chi connectivity index (χ2v) is 5.08. The molecule has 1 aromatic carbocycles. The standard InChI is InChI=1S/C13H14BrN3O/c1-16(9-10-4-3-5-11(14)8-10)13(18)12-6-7-17(2)15-12/h3-8H,9H2,1-2H3. The Labute approximate surface area is 114 Å². The zero-order chi connectivity index (χ0) is 13.1. The second-order valence-electron chi connectivity index (χ2n) is 4.17. The van der Waals surface area contributed by atoms with Gasteiger partial charge in [0.15, 0.2) is 0 Å². The predicted molar refractivity (Wildman–Crippen MR) is 73.1 cm³/mol. The molecule has 0 fully saturated rings. The Kier molecular flexibility index (Phi) is 3.81. The number of benzene rings is 1. The smallest absolute Gasteiger partial charge is 0.274 e. The van der Waals surface area contributed by atoms with Crippen LogP contribution in [0, 0.1) is 0 Å². The number of halogens is 1. The van der Waals surface area contributed by atoms with Crippen molar-refractivity contribution in [2.75, 3.05) is 7.05 Å². The van der Waals surface area contributed by atoms with Crippen LogP contribution in [0.25, 0.3) is 0 Å². The van der Waals surface area contributed by atoms with Gasteiger partial charge in [-0.2, -0.15) is 5.10 Å². The van der Waals surface area contributed by atoms with Crippen LogP contribution < -0.4 is 0 Å². The number of carbonyl (C=O) groups excluding carboxylic acids is 1. The van der Waals surface area contributed by atoms with E-state index in [4.69, 9.17) is 0 Å². The van der Waals surface area contributed by atoms with Gasteiger partial charge in [0, 0.05) is 31.3 Å². The monoisotopic (exact) mass is 307 g/mol. The number of nitrogens with zero attached hydrogens (tertiary/aromatic N) is 3. The molecule has 0 aliphatic rings. The Morgan fingerprint density at radius 3 is 2.83 bits per heavy atom. The first-order chi connectivity index (χ1) is 8.56. The molecule has 1 amide bonds. The summed E-state index contributed by atoms with van der Waals surface area (Å²) in [5.74, 6) is -0.0735.